The minimum Gasteiger partial charge on any atom is -0.497 e. The Kier molecular flexibility index (Phi) is 5.85. The molecule has 0 N–H and O–H groups in total. The molecule has 1 aliphatic rings. The number of rotatable bonds is 8. The van der Waals surface area contributed by atoms with Crippen molar-refractivity contribution >= 4 is 15.7 Å². The predicted octanol–water partition coefficient (Wildman–Crippen LogP) is 3.30. The standard InChI is InChI=1S/C21H25NO4S/c1-16(18-8-9-18)22(14-17-6-4-3-5-7-17)21(23)15-27(24,25)20-12-10-19(26-2)11-13-20/h3-7,10-13,16,18H,8-9,14-15H2,1-2H3. The highest BCUT2D eigenvalue weighted by Gasteiger charge is 2.35. The van der Waals surface area contributed by atoms with Gasteiger partial charge < -0.3 is 9.64 Å². The first kappa shape index (κ1) is 19.4. The summed E-state index contributed by atoms with van der Waals surface area (Å²) in [5, 5.41) is 0. The summed E-state index contributed by atoms with van der Waals surface area (Å²) < 4.78 is 30.5. The molecule has 0 spiro atoms. The van der Waals surface area contributed by atoms with Crippen LogP contribution >= 0.6 is 0 Å². The molecule has 5 nitrogen and oxygen atoms in total. The van der Waals surface area contributed by atoms with Crippen molar-refractivity contribution in [3.05, 3.63) is 60.2 Å². The van der Waals surface area contributed by atoms with Gasteiger partial charge in [0.05, 0.1) is 12.0 Å². The molecule has 1 aliphatic carbocycles. The highest BCUT2D eigenvalue weighted by Crippen LogP contribution is 2.36. The van der Waals surface area contributed by atoms with E-state index in [1.165, 1.54) is 19.2 Å². The van der Waals surface area contributed by atoms with Gasteiger partial charge in [-0.3, -0.25) is 4.79 Å². The van der Waals surface area contributed by atoms with Gasteiger partial charge in [-0.05, 0) is 55.5 Å². The van der Waals surface area contributed by atoms with Gasteiger partial charge >= 0.3 is 0 Å². The number of carbonyl (C=O) groups is 1. The maximum atomic E-state index is 13.0. The van der Waals surface area contributed by atoms with Crippen LogP contribution in [0.1, 0.15) is 25.3 Å². The van der Waals surface area contributed by atoms with Gasteiger partial charge in [-0.2, -0.15) is 0 Å². The minimum absolute atomic E-state index is 0.0313. The van der Waals surface area contributed by atoms with Crippen molar-refractivity contribution in [2.75, 3.05) is 12.9 Å². The van der Waals surface area contributed by atoms with Crippen LogP contribution in [0.5, 0.6) is 5.75 Å². The fourth-order valence-electron chi connectivity index (χ4n) is 3.18. The quantitative estimate of drug-likeness (QED) is 0.697. The third-order valence-corrected chi connectivity index (χ3v) is 6.66. The molecule has 2 aromatic carbocycles. The maximum Gasteiger partial charge on any atom is 0.238 e. The van der Waals surface area contributed by atoms with Crippen molar-refractivity contribution in [1.82, 2.24) is 4.90 Å². The number of amides is 1. The van der Waals surface area contributed by atoms with Crippen LogP contribution in [-0.2, 0) is 21.2 Å². The van der Waals surface area contributed by atoms with Gasteiger partial charge in [-0.15, -0.1) is 0 Å². The second kappa shape index (κ2) is 8.13. The third-order valence-electron chi connectivity index (χ3n) is 5.04. The van der Waals surface area contributed by atoms with Gasteiger partial charge in [-0.25, -0.2) is 8.42 Å². The number of nitrogens with zero attached hydrogens (tertiary/aromatic N) is 1. The Morgan fingerprint density at radius 2 is 1.74 bits per heavy atom. The molecule has 144 valence electrons. The van der Waals surface area contributed by atoms with Gasteiger partial charge in [0.25, 0.3) is 0 Å². The topological polar surface area (TPSA) is 63.7 Å². The summed E-state index contributed by atoms with van der Waals surface area (Å²) in [6.07, 6.45) is 2.18. The maximum absolute atomic E-state index is 13.0. The molecule has 1 amide bonds. The molecule has 0 saturated heterocycles. The first-order valence-electron chi connectivity index (χ1n) is 9.11. The largest absolute Gasteiger partial charge is 0.497 e. The molecule has 1 fully saturated rings. The summed E-state index contributed by atoms with van der Waals surface area (Å²) in [7, 11) is -2.19. The number of hydrogen-bond acceptors (Lipinski definition) is 4. The van der Waals surface area contributed by atoms with E-state index in [4.69, 9.17) is 4.74 Å². The van der Waals surface area contributed by atoms with E-state index in [1.54, 1.807) is 17.0 Å². The Morgan fingerprint density at radius 3 is 2.30 bits per heavy atom. The second-order valence-electron chi connectivity index (χ2n) is 7.02. The molecule has 1 atom stereocenters. The average Bonchev–Trinajstić information content (AvgIpc) is 3.51. The first-order valence-corrected chi connectivity index (χ1v) is 10.8. The van der Waals surface area contributed by atoms with Crippen molar-refractivity contribution in [3.63, 3.8) is 0 Å². The first-order chi connectivity index (χ1) is 12.9. The zero-order chi connectivity index (χ0) is 19.4. The van der Waals surface area contributed by atoms with Crippen molar-refractivity contribution in [2.45, 2.75) is 37.2 Å². The lowest BCUT2D eigenvalue weighted by atomic mass is 10.1. The summed E-state index contributed by atoms with van der Waals surface area (Å²) in [4.78, 5) is 14.8. The molecular formula is C21H25NO4S. The summed E-state index contributed by atoms with van der Waals surface area (Å²) in [6.45, 7) is 2.44. The Labute approximate surface area is 160 Å². The van der Waals surface area contributed by atoms with E-state index in [0.717, 1.165) is 18.4 Å². The summed E-state index contributed by atoms with van der Waals surface area (Å²) in [5.41, 5.74) is 1.00. The predicted molar refractivity (Wildman–Crippen MR) is 104 cm³/mol. The Bertz CT molecular complexity index is 874. The van der Waals surface area contributed by atoms with Crippen LogP contribution in [0.25, 0.3) is 0 Å². The number of benzene rings is 2. The Morgan fingerprint density at radius 1 is 1.11 bits per heavy atom. The summed E-state index contributed by atoms with van der Waals surface area (Å²) in [6, 6.07) is 15.9. The molecule has 27 heavy (non-hydrogen) atoms. The zero-order valence-electron chi connectivity index (χ0n) is 15.7. The van der Waals surface area contributed by atoms with E-state index in [2.05, 4.69) is 0 Å². The van der Waals surface area contributed by atoms with Crippen LogP contribution in [-0.4, -0.2) is 38.1 Å². The molecular weight excluding hydrogens is 362 g/mol. The van der Waals surface area contributed by atoms with Crippen LogP contribution in [0.15, 0.2) is 59.5 Å². The van der Waals surface area contributed by atoms with Crippen LogP contribution in [0.4, 0.5) is 0 Å². The van der Waals surface area contributed by atoms with E-state index >= 15 is 0 Å². The van der Waals surface area contributed by atoms with Crippen molar-refractivity contribution < 1.29 is 17.9 Å². The Hall–Kier alpha value is -2.34. The van der Waals surface area contributed by atoms with Crippen molar-refractivity contribution in [2.24, 2.45) is 5.92 Å². The lowest BCUT2D eigenvalue weighted by molar-refractivity contribution is -0.131. The lowest BCUT2D eigenvalue weighted by Crippen LogP contribution is -2.42. The smallest absolute Gasteiger partial charge is 0.238 e. The Balaban J connectivity index is 1.78. The van der Waals surface area contributed by atoms with E-state index in [0.29, 0.717) is 18.2 Å². The fraction of sp³-hybridized carbons (Fsp3) is 0.381. The van der Waals surface area contributed by atoms with E-state index in [9.17, 15) is 13.2 Å². The molecule has 3 rings (SSSR count). The molecule has 0 heterocycles. The molecule has 6 heteroatoms. The van der Waals surface area contributed by atoms with Crippen LogP contribution in [0.2, 0.25) is 0 Å². The number of sulfone groups is 1. The average molecular weight is 388 g/mol. The van der Waals surface area contributed by atoms with Gasteiger partial charge in [0.1, 0.15) is 11.5 Å². The van der Waals surface area contributed by atoms with Crippen molar-refractivity contribution in [1.29, 1.82) is 0 Å². The minimum atomic E-state index is -3.71. The summed E-state index contributed by atoms with van der Waals surface area (Å²) in [5.74, 6) is 0.159. The summed E-state index contributed by atoms with van der Waals surface area (Å²) >= 11 is 0. The van der Waals surface area contributed by atoms with E-state index in [1.807, 2.05) is 37.3 Å². The highest BCUT2D eigenvalue weighted by atomic mass is 32.2. The number of methoxy groups -OCH3 is 1. The highest BCUT2D eigenvalue weighted by molar-refractivity contribution is 7.92. The van der Waals surface area contributed by atoms with E-state index < -0.39 is 15.6 Å². The molecule has 1 unspecified atom stereocenters. The molecule has 2 aromatic rings. The number of ether oxygens (including phenoxy) is 1. The van der Waals surface area contributed by atoms with Gasteiger partial charge in [0.15, 0.2) is 9.84 Å². The van der Waals surface area contributed by atoms with E-state index in [-0.39, 0.29) is 16.8 Å². The number of hydrogen-bond donors (Lipinski definition) is 0. The molecule has 1 saturated carbocycles. The second-order valence-corrected chi connectivity index (χ2v) is 9.01. The van der Waals surface area contributed by atoms with Gasteiger partial charge in [0, 0.05) is 12.6 Å². The third kappa shape index (κ3) is 4.89. The molecule has 0 radical (unpaired) electrons. The monoisotopic (exact) mass is 387 g/mol. The molecule has 0 aliphatic heterocycles. The van der Waals surface area contributed by atoms with Crippen LogP contribution < -0.4 is 4.74 Å². The molecule has 0 bridgehead atoms. The van der Waals surface area contributed by atoms with Crippen molar-refractivity contribution in [3.8, 4) is 5.75 Å². The van der Waals surface area contributed by atoms with Crippen LogP contribution in [0, 0.1) is 5.92 Å². The SMILES string of the molecule is COc1ccc(S(=O)(=O)CC(=O)N(Cc2ccccc2)C(C)C2CC2)cc1. The van der Waals surface area contributed by atoms with Gasteiger partial charge in [-0.1, -0.05) is 30.3 Å². The zero-order valence-corrected chi connectivity index (χ0v) is 16.5. The lowest BCUT2D eigenvalue weighted by Gasteiger charge is -2.29. The fourth-order valence-corrected chi connectivity index (χ4v) is 4.39. The van der Waals surface area contributed by atoms with Crippen LogP contribution in [0.3, 0.4) is 0 Å². The normalized spacial score (nSPS) is 15.2. The van der Waals surface area contributed by atoms with Gasteiger partial charge in [0.2, 0.25) is 5.91 Å². The number of carbonyl (C=O) groups excluding carboxylic acids is 1. The molecule has 0 aromatic heterocycles.